The van der Waals surface area contributed by atoms with Crippen molar-refractivity contribution in [1.82, 2.24) is 14.5 Å². The van der Waals surface area contributed by atoms with E-state index in [4.69, 9.17) is 0 Å². The van der Waals surface area contributed by atoms with Gasteiger partial charge in [-0.15, -0.1) is 11.3 Å². The van der Waals surface area contributed by atoms with Crippen LogP contribution in [0, 0.1) is 29.1 Å². The van der Waals surface area contributed by atoms with Crippen LogP contribution in [0.15, 0.2) is 21.7 Å². The normalized spacial score (nSPS) is 32.8. The van der Waals surface area contributed by atoms with Crippen LogP contribution in [0.5, 0.6) is 0 Å². The summed E-state index contributed by atoms with van der Waals surface area (Å²) in [4.78, 5) is 28.7. The zero-order valence-electron chi connectivity index (χ0n) is 19.5. The number of carbonyl (C=O) groups excluding carboxylic acids is 2. The summed E-state index contributed by atoms with van der Waals surface area (Å²) in [5, 5.41) is 4.93. The molecule has 5 aliphatic rings. The molecular formula is C24H35N3O4S2. The maximum Gasteiger partial charge on any atom is 0.252 e. The molecule has 2 heterocycles. The molecule has 1 aromatic heterocycles. The summed E-state index contributed by atoms with van der Waals surface area (Å²) < 4.78 is 27.4. The second-order valence-corrected chi connectivity index (χ2v) is 14.2. The first-order valence-corrected chi connectivity index (χ1v) is 14.6. The average molecular weight is 494 g/mol. The number of piperazine rings is 1. The Balaban J connectivity index is 1.23. The fraction of sp³-hybridized carbons (Fsp3) is 0.750. The van der Waals surface area contributed by atoms with Crippen LogP contribution in [0.1, 0.15) is 52.4 Å². The SMILES string of the molecule is CC(C)[C@@H](NC(=O)C12CC3CC(CC(C3)C1)C2)C(=O)N1CCN(S(=O)(=O)c2cccs2)CC1. The van der Waals surface area contributed by atoms with E-state index in [0.717, 1.165) is 19.3 Å². The minimum absolute atomic E-state index is 0.0248. The molecule has 0 unspecified atom stereocenters. The summed E-state index contributed by atoms with van der Waals surface area (Å²) in [6.07, 6.45) is 6.75. The molecule has 182 valence electrons. The third kappa shape index (κ3) is 4.25. The molecule has 1 saturated heterocycles. The molecule has 7 nitrogen and oxygen atoms in total. The highest BCUT2D eigenvalue weighted by atomic mass is 32.2. The van der Waals surface area contributed by atoms with Crippen LogP contribution in [-0.2, 0) is 19.6 Å². The van der Waals surface area contributed by atoms with E-state index in [-0.39, 0.29) is 36.2 Å². The maximum absolute atomic E-state index is 13.5. The number of rotatable bonds is 6. The Morgan fingerprint density at radius 2 is 1.61 bits per heavy atom. The van der Waals surface area contributed by atoms with Gasteiger partial charge in [0.2, 0.25) is 11.8 Å². The van der Waals surface area contributed by atoms with Crippen LogP contribution < -0.4 is 5.32 Å². The lowest BCUT2D eigenvalue weighted by atomic mass is 9.49. The summed E-state index contributed by atoms with van der Waals surface area (Å²) in [6.45, 7) is 5.19. The van der Waals surface area contributed by atoms with Crippen molar-refractivity contribution >= 4 is 33.2 Å². The van der Waals surface area contributed by atoms with E-state index in [1.165, 1.54) is 34.9 Å². The Morgan fingerprint density at radius 3 is 2.09 bits per heavy atom. The quantitative estimate of drug-likeness (QED) is 0.660. The van der Waals surface area contributed by atoms with Gasteiger partial charge in [0.15, 0.2) is 0 Å². The molecule has 0 radical (unpaired) electrons. The molecule has 4 saturated carbocycles. The first kappa shape index (κ1) is 23.3. The standard InChI is InChI=1S/C24H35N3O4S2/c1-16(2)21(25-23(29)24-13-17-10-18(14-24)12-19(11-17)15-24)22(28)26-5-7-27(8-6-26)33(30,31)20-4-3-9-32-20/h3-4,9,16-19,21H,5-8,10-15H2,1-2H3,(H,25,29)/t17?,18?,19?,21-,24?/m1/s1. The summed E-state index contributed by atoms with van der Waals surface area (Å²) in [6, 6.07) is 2.79. The van der Waals surface area contributed by atoms with Gasteiger partial charge in [-0.05, 0) is 73.6 Å². The van der Waals surface area contributed by atoms with Crippen molar-refractivity contribution < 1.29 is 18.0 Å². The Labute approximate surface area is 201 Å². The number of nitrogens with one attached hydrogen (secondary N) is 1. The highest BCUT2D eigenvalue weighted by Gasteiger charge is 2.55. The molecule has 1 N–H and O–H groups in total. The lowest BCUT2D eigenvalue weighted by Gasteiger charge is -2.56. The van der Waals surface area contributed by atoms with Gasteiger partial charge in [0.25, 0.3) is 10.0 Å². The van der Waals surface area contributed by atoms with Crippen molar-refractivity contribution in [1.29, 1.82) is 0 Å². The maximum atomic E-state index is 13.5. The fourth-order valence-corrected chi connectivity index (χ4v) is 9.65. The molecule has 0 spiro atoms. The van der Waals surface area contributed by atoms with E-state index in [0.29, 0.717) is 35.1 Å². The minimum Gasteiger partial charge on any atom is -0.344 e. The largest absolute Gasteiger partial charge is 0.344 e. The number of hydrogen-bond donors (Lipinski definition) is 1. The van der Waals surface area contributed by atoms with E-state index < -0.39 is 16.1 Å². The van der Waals surface area contributed by atoms with E-state index in [1.807, 2.05) is 13.8 Å². The van der Waals surface area contributed by atoms with Crippen LogP contribution in [0.2, 0.25) is 0 Å². The van der Waals surface area contributed by atoms with Crippen molar-refractivity contribution in [3.05, 3.63) is 17.5 Å². The average Bonchev–Trinajstić information content (AvgIpc) is 3.32. The van der Waals surface area contributed by atoms with Crippen molar-refractivity contribution in [2.75, 3.05) is 26.2 Å². The predicted octanol–water partition coefficient (Wildman–Crippen LogP) is 2.94. The number of amides is 2. The van der Waals surface area contributed by atoms with Crippen LogP contribution in [-0.4, -0.2) is 61.7 Å². The van der Waals surface area contributed by atoms with Crippen LogP contribution in [0.4, 0.5) is 0 Å². The molecule has 1 aliphatic heterocycles. The van der Waals surface area contributed by atoms with E-state index >= 15 is 0 Å². The van der Waals surface area contributed by atoms with Gasteiger partial charge in [0.1, 0.15) is 10.3 Å². The molecule has 5 fully saturated rings. The van der Waals surface area contributed by atoms with Gasteiger partial charge in [-0.3, -0.25) is 9.59 Å². The predicted molar refractivity (Wildman–Crippen MR) is 127 cm³/mol. The van der Waals surface area contributed by atoms with Crippen molar-refractivity contribution in [2.45, 2.75) is 62.6 Å². The third-order valence-corrected chi connectivity index (χ3v) is 11.7. The molecule has 6 rings (SSSR count). The molecule has 33 heavy (non-hydrogen) atoms. The molecule has 1 aromatic rings. The van der Waals surface area contributed by atoms with Crippen molar-refractivity contribution in [3.63, 3.8) is 0 Å². The minimum atomic E-state index is -3.51. The Morgan fingerprint density at radius 1 is 1.03 bits per heavy atom. The van der Waals surface area contributed by atoms with Gasteiger partial charge in [0, 0.05) is 31.6 Å². The van der Waals surface area contributed by atoms with Crippen LogP contribution in [0.25, 0.3) is 0 Å². The van der Waals surface area contributed by atoms with Gasteiger partial charge in [0.05, 0.1) is 0 Å². The fourth-order valence-electron chi connectivity index (χ4n) is 7.08. The number of sulfonamides is 1. The second-order valence-electron chi connectivity index (χ2n) is 11.1. The molecule has 1 atom stereocenters. The Hall–Kier alpha value is -1.45. The van der Waals surface area contributed by atoms with E-state index in [9.17, 15) is 18.0 Å². The van der Waals surface area contributed by atoms with Gasteiger partial charge in [-0.2, -0.15) is 4.31 Å². The second kappa shape index (κ2) is 8.64. The zero-order valence-corrected chi connectivity index (χ0v) is 21.2. The lowest BCUT2D eigenvalue weighted by Crippen LogP contribution is -2.60. The number of carbonyl (C=O) groups is 2. The first-order valence-electron chi connectivity index (χ1n) is 12.3. The molecule has 4 bridgehead atoms. The summed E-state index contributed by atoms with van der Waals surface area (Å²) >= 11 is 1.21. The van der Waals surface area contributed by atoms with Gasteiger partial charge >= 0.3 is 0 Å². The highest BCUT2D eigenvalue weighted by molar-refractivity contribution is 7.91. The van der Waals surface area contributed by atoms with Crippen LogP contribution >= 0.6 is 11.3 Å². The van der Waals surface area contributed by atoms with Gasteiger partial charge in [-0.1, -0.05) is 19.9 Å². The monoisotopic (exact) mass is 493 g/mol. The van der Waals surface area contributed by atoms with Gasteiger partial charge in [-0.25, -0.2) is 8.42 Å². The summed E-state index contributed by atoms with van der Waals surface area (Å²) in [7, 11) is -3.51. The van der Waals surface area contributed by atoms with Crippen molar-refractivity contribution in [2.24, 2.45) is 29.1 Å². The molecule has 0 aromatic carbocycles. The van der Waals surface area contributed by atoms with Crippen molar-refractivity contribution in [3.8, 4) is 0 Å². The smallest absolute Gasteiger partial charge is 0.252 e. The topological polar surface area (TPSA) is 86.8 Å². The summed E-state index contributed by atoms with van der Waals surface area (Å²) in [5.41, 5.74) is -0.282. The molecule has 4 aliphatic carbocycles. The third-order valence-electron chi connectivity index (χ3n) is 8.38. The molecule has 2 amide bonds. The zero-order chi connectivity index (χ0) is 23.4. The van der Waals surface area contributed by atoms with Gasteiger partial charge < -0.3 is 10.2 Å². The van der Waals surface area contributed by atoms with E-state index in [1.54, 1.807) is 22.4 Å². The number of hydrogen-bond acceptors (Lipinski definition) is 5. The molecule has 9 heteroatoms. The molecular weight excluding hydrogens is 458 g/mol. The Bertz CT molecular complexity index is 962. The summed E-state index contributed by atoms with van der Waals surface area (Å²) in [5.74, 6) is 1.99. The first-order chi connectivity index (χ1) is 15.7. The number of thiophene rings is 1. The Kier molecular flexibility index (Phi) is 6.10. The lowest BCUT2D eigenvalue weighted by molar-refractivity contribution is -0.151. The highest BCUT2D eigenvalue weighted by Crippen LogP contribution is 2.60. The van der Waals surface area contributed by atoms with E-state index in [2.05, 4.69) is 5.32 Å². The van der Waals surface area contributed by atoms with Crippen LogP contribution in [0.3, 0.4) is 0 Å². The number of nitrogens with zero attached hydrogens (tertiary/aromatic N) is 2.